The van der Waals surface area contributed by atoms with Crippen LogP contribution >= 0.6 is 27.5 Å². The van der Waals surface area contributed by atoms with E-state index in [0.29, 0.717) is 10.0 Å². The average Bonchev–Trinajstić information content (AvgIpc) is 2.09. The van der Waals surface area contributed by atoms with Crippen molar-refractivity contribution in [1.82, 2.24) is 0 Å². The first-order valence-electron chi connectivity index (χ1n) is 3.69. The first kappa shape index (κ1) is 11.3. The highest BCUT2D eigenvalue weighted by Crippen LogP contribution is 2.34. The van der Waals surface area contributed by atoms with Crippen molar-refractivity contribution in [2.75, 3.05) is 6.07 Å². The van der Waals surface area contributed by atoms with Crippen LogP contribution in [0.5, 0.6) is 5.75 Å². The van der Waals surface area contributed by atoms with Crippen molar-refractivity contribution in [2.45, 2.75) is 6.92 Å². The van der Waals surface area contributed by atoms with Gasteiger partial charge in [0.05, 0.1) is 4.92 Å². The molecule has 0 unspecified atom stereocenters. The lowest BCUT2D eigenvalue weighted by Gasteiger charge is -2.06. The molecule has 1 aromatic rings. The number of nitro groups is 1. The second-order valence-corrected chi connectivity index (χ2v) is 3.72. The molecule has 0 radical (unpaired) electrons. The first-order chi connectivity index (χ1) is 6.56. The van der Waals surface area contributed by atoms with E-state index in [1.807, 2.05) is 0 Å². The zero-order valence-corrected chi connectivity index (χ0v) is 9.63. The van der Waals surface area contributed by atoms with Crippen molar-refractivity contribution in [1.29, 1.82) is 0 Å². The third kappa shape index (κ3) is 2.36. The SMILES string of the molecule is Cc1cc(Br)cc([N+](=O)[O-])c1OCCl. The molecular formula is C8H7BrClNO3. The van der Waals surface area contributed by atoms with E-state index in [0.717, 1.165) is 0 Å². The van der Waals surface area contributed by atoms with Gasteiger partial charge < -0.3 is 4.74 Å². The second kappa shape index (κ2) is 4.61. The van der Waals surface area contributed by atoms with Crippen LogP contribution in [0.1, 0.15) is 5.56 Å². The molecule has 0 aliphatic carbocycles. The summed E-state index contributed by atoms with van der Waals surface area (Å²) in [5.74, 6) is 0.216. The van der Waals surface area contributed by atoms with Crippen LogP contribution in [0.2, 0.25) is 0 Å². The Morgan fingerprint density at radius 3 is 2.79 bits per heavy atom. The summed E-state index contributed by atoms with van der Waals surface area (Å²) in [7, 11) is 0. The van der Waals surface area contributed by atoms with Crippen LogP contribution < -0.4 is 4.74 Å². The zero-order chi connectivity index (χ0) is 10.7. The van der Waals surface area contributed by atoms with Gasteiger partial charge in [0.25, 0.3) is 0 Å². The maximum atomic E-state index is 10.7. The van der Waals surface area contributed by atoms with Gasteiger partial charge in [-0.05, 0) is 18.6 Å². The Morgan fingerprint density at radius 1 is 1.64 bits per heavy atom. The van der Waals surface area contributed by atoms with Gasteiger partial charge in [0.15, 0.2) is 6.07 Å². The summed E-state index contributed by atoms with van der Waals surface area (Å²) in [6.07, 6.45) is 0. The third-order valence-electron chi connectivity index (χ3n) is 1.62. The molecule has 0 fully saturated rings. The Balaban J connectivity index is 3.28. The normalized spacial score (nSPS) is 9.93. The lowest BCUT2D eigenvalue weighted by atomic mass is 10.2. The van der Waals surface area contributed by atoms with Crippen molar-refractivity contribution in [3.63, 3.8) is 0 Å². The maximum Gasteiger partial charge on any atom is 0.312 e. The average molecular weight is 281 g/mol. The van der Waals surface area contributed by atoms with Gasteiger partial charge in [-0.1, -0.05) is 27.5 Å². The van der Waals surface area contributed by atoms with Gasteiger partial charge in [0, 0.05) is 10.5 Å². The molecule has 0 bridgehead atoms. The summed E-state index contributed by atoms with van der Waals surface area (Å²) in [5.41, 5.74) is 0.587. The summed E-state index contributed by atoms with van der Waals surface area (Å²) < 4.78 is 5.63. The van der Waals surface area contributed by atoms with Crippen molar-refractivity contribution in [2.24, 2.45) is 0 Å². The minimum Gasteiger partial charge on any atom is -0.470 e. The highest BCUT2D eigenvalue weighted by atomic mass is 79.9. The Labute approximate surface area is 94.1 Å². The lowest BCUT2D eigenvalue weighted by Crippen LogP contribution is -1.98. The molecule has 76 valence electrons. The fraction of sp³-hybridized carbons (Fsp3) is 0.250. The summed E-state index contributed by atoms with van der Waals surface area (Å²) in [4.78, 5) is 10.2. The molecule has 0 atom stereocenters. The fourth-order valence-corrected chi connectivity index (χ4v) is 1.76. The van der Waals surface area contributed by atoms with Crippen LogP contribution in [-0.2, 0) is 0 Å². The van der Waals surface area contributed by atoms with Crippen LogP contribution in [0.3, 0.4) is 0 Å². The molecule has 0 N–H and O–H groups in total. The fourth-order valence-electron chi connectivity index (χ4n) is 1.09. The molecule has 0 saturated carbocycles. The van der Waals surface area contributed by atoms with E-state index < -0.39 is 4.92 Å². The number of nitrogens with zero attached hydrogens (tertiary/aromatic N) is 1. The third-order valence-corrected chi connectivity index (χ3v) is 2.18. The molecule has 4 nitrogen and oxygen atoms in total. The quantitative estimate of drug-likeness (QED) is 0.485. The lowest BCUT2D eigenvalue weighted by molar-refractivity contribution is -0.385. The van der Waals surface area contributed by atoms with Gasteiger partial charge in [-0.25, -0.2) is 0 Å². The minimum absolute atomic E-state index is 0.0856. The predicted octanol–water partition coefficient (Wildman–Crippen LogP) is 3.24. The van der Waals surface area contributed by atoms with E-state index in [1.54, 1.807) is 13.0 Å². The molecule has 6 heteroatoms. The molecule has 0 amide bonds. The van der Waals surface area contributed by atoms with E-state index in [-0.39, 0.29) is 17.5 Å². The van der Waals surface area contributed by atoms with Gasteiger partial charge in [-0.2, -0.15) is 0 Å². The maximum absolute atomic E-state index is 10.7. The number of ether oxygens (including phenoxy) is 1. The Bertz CT molecular complexity index is 370. The molecule has 0 aromatic heterocycles. The summed E-state index contributed by atoms with van der Waals surface area (Å²) in [6.45, 7) is 1.72. The number of benzene rings is 1. The number of rotatable bonds is 3. The van der Waals surface area contributed by atoms with Crippen LogP contribution in [0.4, 0.5) is 5.69 Å². The van der Waals surface area contributed by atoms with Gasteiger partial charge in [-0.15, -0.1) is 0 Å². The van der Waals surface area contributed by atoms with E-state index in [4.69, 9.17) is 16.3 Å². The molecular weight excluding hydrogens is 273 g/mol. The van der Waals surface area contributed by atoms with Crippen LogP contribution in [0, 0.1) is 17.0 Å². The molecule has 0 aliphatic rings. The van der Waals surface area contributed by atoms with E-state index in [2.05, 4.69) is 15.9 Å². The zero-order valence-electron chi connectivity index (χ0n) is 7.29. The number of hydrogen-bond acceptors (Lipinski definition) is 3. The molecule has 0 spiro atoms. The largest absolute Gasteiger partial charge is 0.470 e. The van der Waals surface area contributed by atoms with Crippen molar-refractivity contribution in [3.8, 4) is 5.75 Å². The second-order valence-electron chi connectivity index (χ2n) is 2.58. The smallest absolute Gasteiger partial charge is 0.312 e. The summed E-state index contributed by atoms with van der Waals surface area (Å²) in [6, 6.07) is 3.01. The molecule has 0 saturated heterocycles. The number of halogens is 2. The molecule has 1 aromatic carbocycles. The Hall–Kier alpha value is -0.810. The monoisotopic (exact) mass is 279 g/mol. The number of aryl methyl sites for hydroxylation is 1. The highest BCUT2D eigenvalue weighted by molar-refractivity contribution is 9.10. The topological polar surface area (TPSA) is 52.4 Å². The van der Waals surface area contributed by atoms with Crippen molar-refractivity contribution in [3.05, 3.63) is 32.3 Å². The van der Waals surface area contributed by atoms with Gasteiger partial charge in [-0.3, -0.25) is 10.1 Å². The van der Waals surface area contributed by atoms with Crippen LogP contribution in [0.15, 0.2) is 16.6 Å². The number of nitro benzene ring substituents is 1. The van der Waals surface area contributed by atoms with Gasteiger partial charge >= 0.3 is 5.69 Å². The Kier molecular flexibility index (Phi) is 3.71. The summed E-state index contributed by atoms with van der Waals surface area (Å²) in [5, 5.41) is 10.7. The molecule has 0 aliphatic heterocycles. The summed E-state index contributed by atoms with van der Waals surface area (Å²) >= 11 is 8.54. The van der Waals surface area contributed by atoms with Gasteiger partial charge in [0.2, 0.25) is 5.75 Å². The number of hydrogen-bond donors (Lipinski definition) is 0. The Morgan fingerprint density at radius 2 is 2.29 bits per heavy atom. The number of alkyl halides is 1. The van der Waals surface area contributed by atoms with E-state index in [1.165, 1.54) is 6.07 Å². The van der Waals surface area contributed by atoms with E-state index >= 15 is 0 Å². The van der Waals surface area contributed by atoms with Gasteiger partial charge in [0.1, 0.15) is 0 Å². The first-order valence-corrected chi connectivity index (χ1v) is 5.02. The molecule has 1 rings (SSSR count). The molecule has 14 heavy (non-hydrogen) atoms. The van der Waals surface area contributed by atoms with E-state index in [9.17, 15) is 10.1 Å². The van der Waals surface area contributed by atoms with Crippen LogP contribution in [0.25, 0.3) is 0 Å². The molecule has 0 heterocycles. The predicted molar refractivity (Wildman–Crippen MR) is 56.9 cm³/mol. The van der Waals surface area contributed by atoms with Crippen LogP contribution in [-0.4, -0.2) is 11.0 Å². The van der Waals surface area contributed by atoms with Crippen molar-refractivity contribution >= 4 is 33.2 Å². The van der Waals surface area contributed by atoms with Crippen molar-refractivity contribution < 1.29 is 9.66 Å². The standard InChI is InChI=1S/C8H7BrClNO3/c1-5-2-6(9)3-7(11(12)13)8(5)14-4-10/h2-3H,4H2,1H3. The minimum atomic E-state index is -0.500. The highest BCUT2D eigenvalue weighted by Gasteiger charge is 2.18.